The Morgan fingerprint density at radius 3 is 1.32 bits per heavy atom. The zero-order valence-corrected chi connectivity index (χ0v) is 55.7. The van der Waals surface area contributed by atoms with Gasteiger partial charge in [0.25, 0.3) is 6.71 Å². The molecule has 2 aliphatic rings. The average molecular weight is 1250 g/mol. The van der Waals surface area contributed by atoms with Gasteiger partial charge in [-0.25, -0.2) is 0 Å². The van der Waals surface area contributed by atoms with E-state index in [2.05, 4.69) is 347 Å². The fourth-order valence-electron chi connectivity index (χ4n) is 17.1. The number of hydrogen-bond donors (Lipinski definition) is 0. The lowest BCUT2D eigenvalue weighted by atomic mass is 9.33. The number of rotatable bonds is 6. The summed E-state index contributed by atoms with van der Waals surface area (Å²) in [6.07, 6.45) is 0.633. The highest BCUT2D eigenvalue weighted by atomic mass is 16.3. The molecule has 2 aromatic heterocycles. The lowest BCUT2D eigenvalue weighted by Gasteiger charge is -2.45. The molecule has 4 heterocycles. The first kappa shape index (κ1) is 56.7. The normalized spacial score (nSPS) is 13.2. The van der Waals surface area contributed by atoms with Crippen LogP contribution in [0.25, 0.3) is 125 Å². The number of benzene rings is 16. The molecule has 464 valence electrons. The zero-order valence-electron chi connectivity index (χ0n) is 55.7. The Morgan fingerprint density at radius 2 is 0.776 bits per heavy atom. The highest BCUT2D eigenvalue weighted by Gasteiger charge is 2.44. The minimum absolute atomic E-state index is 0.0402. The van der Waals surface area contributed by atoms with Gasteiger partial charge in [-0.1, -0.05) is 248 Å². The van der Waals surface area contributed by atoms with E-state index < -0.39 is 0 Å². The Hall–Kier alpha value is -11.7. The van der Waals surface area contributed by atoms with Crippen LogP contribution in [0, 0.1) is 0 Å². The van der Waals surface area contributed by atoms with Crippen LogP contribution in [0.1, 0.15) is 63.8 Å². The number of para-hydroxylation sites is 2. The van der Waals surface area contributed by atoms with E-state index >= 15 is 0 Å². The number of hydrogen-bond acceptors (Lipinski definition) is 3. The second kappa shape index (κ2) is 20.9. The predicted molar refractivity (Wildman–Crippen MR) is 419 cm³/mol. The second-order valence-electron chi connectivity index (χ2n) is 29.5. The smallest absolute Gasteiger partial charge is 0.252 e. The van der Waals surface area contributed by atoms with E-state index in [9.17, 15) is 0 Å². The van der Waals surface area contributed by atoms with Crippen LogP contribution in [0.15, 0.2) is 296 Å². The van der Waals surface area contributed by atoms with Crippen LogP contribution in [-0.2, 0) is 17.3 Å². The predicted octanol–water partition coefficient (Wildman–Crippen LogP) is 23.5. The van der Waals surface area contributed by atoms with E-state index in [4.69, 9.17) is 4.42 Å². The molecule has 0 unspecified atom stereocenters. The van der Waals surface area contributed by atoms with Gasteiger partial charge in [-0.3, -0.25) is 0 Å². The van der Waals surface area contributed by atoms with Gasteiger partial charge in [0.05, 0.1) is 11.0 Å². The molecule has 0 aliphatic carbocycles. The molecule has 20 rings (SSSR count). The third-order valence-electron chi connectivity index (χ3n) is 21.8. The number of furan rings is 1. The van der Waals surface area contributed by atoms with E-state index in [0.29, 0.717) is 6.42 Å². The van der Waals surface area contributed by atoms with E-state index in [1.165, 1.54) is 131 Å². The maximum atomic E-state index is 6.92. The van der Waals surface area contributed by atoms with Crippen molar-refractivity contribution in [1.29, 1.82) is 0 Å². The lowest BCUT2D eigenvalue weighted by Crippen LogP contribution is -2.61. The highest BCUT2D eigenvalue weighted by molar-refractivity contribution is 7.00. The fourth-order valence-corrected chi connectivity index (χ4v) is 17.1. The van der Waals surface area contributed by atoms with Gasteiger partial charge in [0.1, 0.15) is 11.2 Å². The summed E-state index contributed by atoms with van der Waals surface area (Å²) in [7, 11) is 0. The molecule has 0 amide bonds. The molecule has 18 aromatic rings. The standard InChI is InChI=1S/C93H68BN3O/c1-92(2,3)60-36-45-83-79(51-60)80-52-61(93(4,5)6)37-46-84(80)95(83)64-40-43-81-86(55-64)97(63-39-42-74-70-29-13-11-25-66(70)68-27-15-17-31-72(68)78(74)54-63)88-49-56(47-59-23-20-33-76-75-32-18-19-34-89(75)98-91(59)76)48-87-90(88)94(81)82-50-58(57-21-8-7-9-22-57)35-44-85(82)96(87)62-38-41-73-69-28-12-10-24-65(69)67-26-14-16-30-71(67)77(73)53-62/h7-46,48-55H,47H2,1-6H3. The molecule has 0 N–H and O–H groups in total. The third kappa shape index (κ3) is 8.45. The van der Waals surface area contributed by atoms with Crippen LogP contribution in [-0.4, -0.2) is 11.3 Å². The van der Waals surface area contributed by atoms with Crippen LogP contribution < -0.4 is 26.2 Å². The number of nitrogens with zero attached hydrogens (tertiary/aromatic N) is 3. The van der Waals surface area contributed by atoms with Gasteiger partial charge in [-0.15, -0.1) is 0 Å². The van der Waals surface area contributed by atoms with Crippen LogP contribution in [0.5, 0.6) is 0 Å². The van der Waals surface area contributed by atoms with Gasteiger partial charge in [0.15, 0.2) is 0 Å². The van der Waals surface area contributed by atoms with Crippen LogP contribution >= 0.6 is 0 Å². The number of fused-ring (bicyclic) bond motifs is 22. The maximum absolute atomic E-state index is 6.92. The molecule has 0 bridgehead atoms. The summed E-state index contributed by atoms with van der Waals surface area (Å²) in [5.41, 5.74) is 23.2. The molecule has 0 atom stereocenters. The van der Waals surface area contributed by atoms with Gasteiger partial charge in [0, 0.05) is 67.8 Å². The highest BCUT2D eigenvalue weighted by Crippen LogP contribution is 2.50. The van der Waals surface area contributed by atoms with Crippen molar-refractivity contribution in [2.75, 3.05) is 9.80 Å². The Morgan fingerprint density at radius 1 is 0.306 bits per heavy atom. The van der Waals surface area contributed by atoms with E-state index in [1.807, 2.05) is 0 Å². The fraction of sp³-hybridized carbons (Fsp3) is 0.0968. The molecule has 0 saturated heterocycles. The monoisotopic (exact) mass is 1250 g/mol. The van der Waals surface area contributed by atoms with E-state index in [-0.39, 0.29) is 17.5 Å². The first-order chi connectivity index (χ1) is 47.9. The van der Waals surface area contributed by atoms with Crippen LogP contribution in [0.3, 0.4) is 0 Å². The molecule has 0 saturated carbocycles. The van der Waals surface area contributed by atoms with Gasteiger partial charge >= 0.3 is 0 Å². The van der Waals surface area contributed by atoms with Crippen molar-refractivity contribution in [2.45, 2.75) is 58.8 Å². The van der Waals surface area contributed by atoms with Crippen molar-refractivity contribution in [1.82, 2.24) is 4.57 Å². The molecule has 16 aromatic carbocycles. The molecular formula is C93H68BN3O. The molecule has 2 aliphatic heterocycles. The Bertz CT molecular complexity index is 6310. The summed E-state index contributed by atoms with van der Waals surface area (Å²) in [5.74, 6) is 0. The molecule has 4 nitrogen and oxygen atoms in total. The van der Waals surface area contributed by atoms with Gasteiger partial charge in [0.2, 0.25) is 0 Å². The average Bonchev–Trinajstić information content (AvgIpc) is 0.801. The van der Waals surface area contributed by atoms with Crippen LogP contribution in [0.2, 0.25) is 0 Å². The summed E-state index contributed by atoms with van der Waals surface area (Å²) in [6.45, 7) is 13.8. The third-order valence-corrected chi connectivity index (χ3v) is 21.8. The first-order valence-corrected chi connectivity index (χ1v) is 34.6. The number of anilines is 6. The Balaban J connectivity index is 0.913. The summed E-state index contributed by atoms with van der Waals surface area (Å²) in [4.78, 5) is 5.26. The molecule has 0 fully saturated rings. The first-order valence-electron chi connectivity index (χ1n) is 34.6. The topological polar surface area (TPSA) is 24.6 Å². The summed E-state index contributed by atoms with van der Waals surface area (Å²) in [6, 6.07) is 111. The van der Waals surface area contributed by atoms with Gasteiger partial charge in [-0.2, -0.15) is 0 Å². The minimum atomic E-state index is -0.180. The Kier molecular flexibility index (Phi) is 12.1. The summed E-state index contributed by atoms with van der Waals surface area (Å²) >= 11 is 0. The van der Waals surface area contributed by atoms with Gasteiger partial charge < -0.3 is 18.8 Å². The van der Waals surface area contributed by atoms with Crippen molar-refractivity contribution in [2.24, 2.45) is 0 Å². The van der Waals surface area contributed by atoms with Crippen LogP contribution in [0.4, 0.5) is 34.1 Å². The Labute approximate surface area is 569 Å². The largest absolute Gasteiger partial charge is 0.456 e. The number of aromatic nitrogens is 1. The molecular weight excluding hydrogens is 1190 g/mol. The quantitative estimate of drug-likeness (QED) is 0.123. The lowest BCUT2D eigenvalue weighted by molar-refractivity contribution is 0.590. The molecule has 0 spiro atoms. The van der Waals surface area contributed by atoms with Crippen molar-refractivity contribution in [3.05, 3.63) is 313 Å². The maximum Gasteiger partial charge on any atom is 0.252 e. The molecule has 0 radical (unpaired) electrons. The SMILES string of the molecule is CC(C)(C)c1ccc2c(c1)c1cc(C(C)(C)C)ccc1n2-c1ccc2c(c1)N(c1ccc3c4ccccc4c4ccccc4c3c1)c1cc(Cc3cccc4c3oc3ccccc34)cc3c1B2c1cc(-c2ccccc2)ccc1N3c1ccc2c3ccccc3c3ccccc3c2c1. The van der Waals surface area contributed by atoms with E-state index in [1.54, 1.807) is 0 Å². The minimum Gasteiger partial charge on any atom is -0.456 e. The van der Waals surface area contributed by atoms with E-state index in [0.717, 1.165) is 67.3 Å². The van der Waals surface area contributed by atoms with Crippen molar-refractivity contribution >= 4 is 166 Å². The molecule has 5 heteroatoms. The molecule has 98 heavy (non-hydrogen) atoms. The summed E-state index contributed by atoms with van der Waals surface area (Å²) < 4.78 is 9.47. The summed E-state index contributed by atoms with van der Waals surface area (Å²) in [5, 5.41) is 19.8. The van der Waals surface area contributed by atoms with Gasteiger partial charge in [-0.05, 0) is 210 Å². The zero-order chi connectivity index (χ0) is 65.4. The van der Waals surface area contributed by atoms with Crippen molar-refractivity contribution in [3.8, 4) is 16.8 Å². The van der Waals surface area contributed by atoms with Crippen molar-refractivity contribution < 1.29 is 4.42 Å². The second-order valence-corrected chi connectivity index (χ2v) is 29.5. The van der Waals surface area contributed by atoms with Crippen molar-refractivity contribution in [3.63, 3.8) is 0 Å².